The first-order valence-electron chi connectivity index (χ1n) is 10.6. The van der Waals surface area contributed by atoms with E-state index in [9.17, 15) is 22.8 Å². The molecule has 6 nitrogen and oxygen atoms in total. The lowest BCUT2D eigenvalue weighted by Gasteiger charge is -2.10. The van der Waals surface area contributed by atoms with Crippen molar-refractivity contribution in [1.82, 2.24) is 0 Å². The molecule has 0 aliphatic carbocycles. The first-order valence-corrected chi connectivity index (χ1v) is 11.4. The Morgan fingerprint density at radius 1 is 0.889 bits per heavy atom. The van der Waals surface area contributed by atoms with Crippen molar-refractivity contribution in [2.45, 2.75) is 12.6 Å². The summed E-state index contributed by atoms with van der Waals surface area (Å²) in [7, 11) is 0. The number of hydrogen-bond donors (Lipinski definition) is 2. The molecular formula is C26H16BrF3N2O4. The number of anilines is 2. The number of furan rings is 2. The lowest BCUT2D eigenvalue weighted by Crippen LogP contribution is -2.18. The van der Waals surface area contributed by atoms with Crippen molar-refractivity contribution in [2.75, 3.05) is 10.6 Å². The van der Waals surface area contributed by atoms with E-state index in [0.717, 1.165) is 22.0 Å². The average molecular weight is 557 g/mol. The molecule has 0 bridgehead atoms. The summed E-state index contributed by atoms with van der Waals surface area (Å²) in [4.78, 5) is 26.0. The summed E-state index contributed by atoms with van der Waals surface area (Å²) in [5, 5.41) is 6.38. The molecule has 0 aliphatic rings. The van der Waals surface area contributed by atoms with Crippen molar-refractivity contribution in [3.05, 3.63) is 94.4 Å². The Morgan fingerprint density at radius 2 is 1.69 bits per heavy atom. The number of amides is 2. The molecule has 5 rings (SSSR count). The monoisotopic (exact) mass is 556 g/mol. The van der Waals surface area contributed by atoms with Crippen LogP contribution in [0.4, 0.5) is 24.5 Å². The van der Waals surface area contributed by atoms with E-state index in [2.05, 4.69) is 26.6 Å². The van der Waals surface area contributed by atoms with Crippen LogP contribution >= 0.6 is 15.9 Å². The van der Waals surface area contributed by atoms with E-state index in [1.54, 1.807) is 30.3 Å². The van der Waals surface area contributed by atoms with Gasteiger partial charge in [-0.3, -0.25) is 9.59 Å². The van der Waals surface area contributed by atoms with Crippen molar-refractivity contribution in [3.8, 4) is 0 Å². The summed E-state index contributed by atoms with van der Waals surface area (Å²) < 4.78 is 51.2. The van der Waals surface area contributed by atoms with E-state index < -0.39 is 23.6 Å². The number of para-hydroxylation sites is 1. The SMILES string of the molecule is O=C(Cc1coc2ccc(Br)cc12)Nc1c(C(=O)Nc2cccc(C(F)(F)F)c2)oc2ccccc12. The third kappa shape index (κ3) is 4.72. The molecule has 10 heteroatoms. The van der Waals surface area contributed by atoms with Crippen molar-refractivity contribution >= 4 is 61.1 Å². The molecule has 0 fully saturated rings. The van der Waals surface area contributed by atoms with Crippen molar-refractivity contribution < 1.29 is 31.6 Å². The minimum absolute atomic E-state index is 0.0440. The third-order valence-corrected chi connectivity index (χ3v) is 5.97. The zero-order valence-corrected chi connectivity index (χ0v) is 19.9. The highest BCUT2D eigenvalue weighted by Gasteiger charge is 2.31. The second kappa shape index (κ2) is 9.19. The van der Waals surface area contributed by atoms with E-state index in [0.29, 0.717) is 22.1 Å². The molecule has 0 saturated heterocycles. The summed E-state index contributed by atoms with van der Waals surface area (Å²) in [5.74, 6) is -1.47. The van der Waals surface area contributed by atoms with E-state index in [-0.39, 0.29) is 23.6 Å². The Bertz CT molecular complexity index is 1620. The van der Waals surface area contributed by atoms with Crippen LogP contribution in [-0.2, 0) is 17.4 Å². The molecule has 2 amide bonds. The number of benzene rings is 3. The van der Waals surface area contributed by atoms with Crippen molar-refractivity contribution in [3.63, 3.8) is 0 Å². The van der Waals surface area contributed by atoms with Gasteiger partial charge in [0.2, 0.25) is 11.7 Å². The number of carbonyl (C=O) groups is 2. The normalized spacial score (nSPS) is 11.7. The number of alkyl halides is 3. The molecule has 182 valence electrons. The predicted molar refractivity (Wildman–Crippen MR) is 132 cm³/mol. The fraction of sp³-hybridized carbons (Fsp3) is 0.0769. The van der Waals surface area contributed by atoms with Gasteiger partial charge in [-0.05, 0) is 48.5 Å². The van der Waals surface area contributed by atoms with Crippen LogP contribution in [0.1, 0.15) is 21.7 Å². The standard InChI is InChI=1S/C26H16BrF3N2O4/c27-16-8-9-20-19(12-16)14(13-35-20)10-22(33)32-23-18-6-1-2-7-21(18)36-24(23)25(34)31-17-5-3-4-15(11-17)26(28,29)30/h1-9,11-13H,10H2,(H,31,34)(H,32,33). The van der Waals surface area contributed by atoms with Gasteiger partial charge in [0.05, 0.1) is 18.2 Å². The fourth-order valence-electron chi connectivity index (χ4n) is 3.84. The average Bonchev–Trinajstić information content (AvgIpc) is 3.40. The molecule has 2 aromatic heterocycles. The van der Waals surface area contributed by atoms with Gasteiger partial charge in [-0.1, -0.05) is 34.1 Å². The Hall–Kier alpha value is -4.05. The summed E-state index contributed by atoms with van der Waals surface area (Å²) >= 11 is 3.40. The lowest BCUT2D eigenvalue weighted by atomic mass is 10.1. The van der Waals surface area contributed by atoms with Gasteiger partial charge in [-0.25, -0.2) is 0 Å². The number of fused-ring (bicyclic) bond motifs is 2. The molecule has 2 heterocycles. The van der Waals surface area contributed by atoms with Gasteiger partial charge < -0.3 is 19.5 Å². The maximum absolute atomic E-state index is 13.1. The molecule has 2 N–H and O–H groups in total. The quantitative estimate of drug-likeness (QED) is 0.236. The lowest BCUT2D eigenvalue weighted by molar-refractivity contribution is -0.137. The molecule has 0 spiro atoms. The summed E-state index contributed by atoms with van der Waals surface area (Å²) in [6, 6.07) is 16.4. The second-order valence-corrected chi connectivity index (χ2v) is 8.88. The Labute approximate surface area is 210 Å². The van der Waals surface area contributed by atoms with Gasteiger partial charge in [0.1, 0.15) is 16.9 Å². The van der Waals surface area contributed by atoms with Gasteiger partial charge in [0, 0.05) is 26.5 Å². The van der Waals surface area contributed by atoms with Gasteiger partial charge in [0.15, 0.2) is 0 Å². The Morgan fingerprint density at radius 3 is 2.50 bits per heavy atom. The van der Waals surface area contributed by atoms with Gasteiger partial charge >= 0.3 is 6.18 Å². The zero-order valence-electron chi connectivity index (χ0n) is 18.3. The minimum Gasteiger partial charge on any atom is -0.464 e. The molecule has 3 aromatic carbocycles. The van der Waals surface area contributed by atoms with Crippen LogP contribution in [0.3, 0.4) is 0 Å². The van der Waals surface area contributed by atoms with Crippen LogP contribution < -0.4 is 10.6 Å². The topological polar surface area (TPSA) is 84.5 Å². The van der Waals surface area contributed by atoms with Gasteiger partial charge in [-0.15, -0.1) is 0 Å². The zero-order chi connectivity index (χ0) is 25.4. The molecule has 0 radical (unpaired) electrons. The van der Waals surface area contributed by atoms with E-state index in [1.807, 2.05) is 12.1 Å². The molecule has 5 aromatic rings. The van der Waals surface area contributed by atoms with E-state index in [4.69, 9.17) is 8.83 Å². The number of carbonyl (C=O) groups excluding carboxylic acids is 2. The molecule has 0 atom stereocenters. The molecule has 0 unspecified atom stereocenters. The van der Waals surface area contributed by atoms with Crippen molar-refractivity contribution in [1.29, 1.82) is 0 Å². The van der Waals surface area contributed by atoms with E-state index >= 15 is 0 Å². The highest BCUT2D eigenvalue weighted by atomic mass is 79.9. The number of nitrogens with one attached hydrogen (secondary N) is 2. The Kier molecular flexibility index (Phi) is 6.05. The molecule has 0 saturated carbocycles. The van der Waals surface area contributed by atoms with Crippen LogP contribution in [0.25, 0.3) is 21.9 Å². The van der Waals surface area contributed by atoms with Crippen LogP contribution in [0.5, 0.6) is 0 Å². The smallest absolute Gasteiger partial charge is 0.416 e. The van der Waals surface area contributed by atoms with Gasteiger partial charge in [0.25, 0.3) is 5.91 Å². The number of halogens is 4. The number of rotatable bonds is 5. The maximum atomic E-state index is 13.1. The van der Waals surface area contributed by atoms with Crippen LogP contribution in [-0.4, -0.2) is 11.8 Å². The highest BCUT2D eigenvalue weighted by molar-refractivity contribution is 9.10. The third-order valence-electron chi connectivity index (χ3n) is 5.48. The van der Waals surface area contributed by atoms with Gasteiger partial charge in [-0.2, -0.15) is 13.2 Å². The molecular weight excluding hydrogens is 541 g/mol. The minimum atomic E-state index is -4.56. The highest BCUT2D eigenvalue weighted by Crippen LogP contribution is 2.34. The predicted octanol–water partition coefficient (Wildman–Crippen LogP) is 7.39. The summed E-state index contributed by atoms with van der Waals surface area (Å²) in [6.07, 6.45) is -3.12. The molecule has 0 aliphatic heterocycles. The van der Waals surface area contributed by atoms with Crippen LogP contribution in [0.15, 0.2) is 86.3 Å². The van der Waals surface area contributed by atoms with Crippen LogP contribution in [0, 0.1) is 0 Å². The number of hydrogen-bond acceptors (Lipinski definition) is 4. The Balaban J connectivity index is 1.43. The first kappa shape index (κ1) is 23.7. The van der Waals surface area contributed by atoms with Crippen LogP contribution in [0.2, 0.25) is 0 Å². The van der Waals surface area contributed by atoms with Crippen molar-refractivity contribution in [2.24, 2.45) is 0 Å². The van der Waals surface area contributed by atoms with E-state index in [1.165, 1.54) is 18.4 Å². The maximum Gasteiger partial charge on any atom is 0.416 e. The summed E-state index contributed by atoms with van der Waals surface area (Å²) in [5.41, 5.74) is 0.747. The summed E-state index contributed by atoms with van der Waals surface area (Å²) in [6.45, 7) is 0. The molecule has 36 heavy (non-hydrogen) atoms. The fourth-order valence-corrected chi connectivity index (χ4v) is 4.20. The largest absolute Gasteiger partial charge is 0.464 e. The first-order chi connectivity index (χ1) is 17.2. The second-order valence-electron chi connectivity index (χ2n) is 7.96.